The molecule has 16 heteroatoms. The highest BCUT2D eigenvalue weighted by molar-refractivity contribution is 6.03. The average molecular weight is 390 g/mol. The van der Waals surface area contributed by atoms with Crippen LogP contribution in [0.25, 0.3) is 0 Å². The monoisotopic (exact) mass is 390 g/mol. The van der Waals surface area contributed by atoms with E-state index >= 15 is 0 Å². The van der Waals surface area contributed by atoms with Gasteiger partial charge in [0, 0.05) is 0 Å². The minimum absolute atomic E-state index is 0.286. The van der Waals surface area contributed by atoms with E-state index < -0.39 is 53.8 Å². The fourth-order valence-electron chi connectivity index (χ4n) is 3.12. The first kappa shape index (κ1) is 16.8. The number of fused-ring (bicyclic) bond motifs is 5. The van der Waals surface area contributed by atoms with E-state index in [4.69, 9.17) is 0 Å². The quantitative estimate of drug-likeness (QED) is 0.570. The molecule has 0 radical (unpaired) electrons. The van der Waals surface area contributed by atoms with Crippen LogP contribution in [0.4, 0.5) is 45.5 Å². The molecule has 0 atom stereocenters. The lowest BCUT2D eigenvalue weighted by molar-refractivity contribution is -0.451. The first-order valence-electron chi connectivity index (χ1n) is 7.28. The maximum absolute atomic E-state index is 11.7. The number of rotatable bonds is 4. The molecular weight excluding hydrogens is 384 g/mol. The van der Waals surface area contributed by atoms with Gasteiger partial charge in [0.25, 0.3) is 0 Å². The lowest BCUT2D eigenvalue weighted by Gasteiger charge is -2.18. The van der Waals surface area contributed by atoms with E-state index in [0.29, 0.717) is 5.69 Å². The molecule has 0 spiro atoms. The Morgan fingerprint density at radius 2 is 1.25 bits per heavy atom. The minimum atomic E-state index is -1.58. The standard InChI is InChI=1S/C12H6N8O8/c21-16(22)9-7-8(10(17(23)24)12(19(27)28)11(9)18(25)26)15-6-4-2-1-3-5(6)13-20(15)14-7/h1-4,13-14H. The molecule has 0 unspecified atom stereocenters. The molecule has 2 aliphatic rings. The Balaban J connectivity index is 2.17. The lowest BCUT2D eigenvalue weighted by Crippen LogP contribution is -2.37. The SMILES string of the molecule is O=[N+]([O-])c1c2c(c([N+](=O)[O-])c([N+](=O)[O-])c1[N+](=O)[O-])N1c3ccccc3NN1N2. The number of nitro benzene ring substituents is 4. The molecule has 2 aromatic rings. The van der Waals surface area contributed by atoms with Crippen molar-refractivity contribution < 1.29 is 19.7 Å². The van der Waals surface area contributed by atoms with Crippen LogP contribution in [-0.4, -0.2) is 24.9 Å². The molecule has 4 rings (SSSR count). The van der Waals surface area contributed by atoms with Crippen molar-refractivity contribution in [1.82, 2.24) is 5.23 Å². The van der Waals surface area contributed by atoms with Crippen molar-refractivity contribution in [3.05, 3.63) is 64.7 Å². The van der Waals surface area contributed by atoms with Gasteiger partial charge in [-0.25, -0.2) is 5.01 Å². The van der Waals surface area contributed by atoms with Gasteiger partial charge in [0.1, 0.15) is 0 Å². The third-order valence-corrected chi connectivity index (χ3v) is 4.09. The van der Waals surface area contributed by atoms with Crippen LogP contribution in [-0.2, 0) is 0 Å². The van der Waals surface area contributed by atoms with Crippen LogP contribution < -0.4 is 15.9 Å². The van der Waals surface area contributed by atoms with Crippen molar-refractivity contribution >= 4 is 45.5 Å². The first-order valence-corrected chi connectivity index (χ1v) is 7.28. The number of nitrogens with zero attached hydrogens (tertiary/aromatic N) is 6. The van der Waals surface area contributed by atoms with Gasteiger partial charge in [0.05, 0.1) is 31.1 Å². The summed E-state index contributed by atoms with van der Waals surface area (Å²) in [7, 11) is 0. The Kier molecular flexibility index (Phi) is 3.28. The molecule has 0 saturated carbocycles. The number of anilines is 4. The maximum Gasteiger partial charge on any atom is 0.432 e. The number of benzene rings is 2. The Labute approximate surface area is 152 Å². The number of para-hydroxylation sites is 2. The van der Waals surface area contributed by atoms with Crippen LogP contribution in [0, 0.1) is 40.5 Å². The Hall–Kier alpha value is -4.60. The van der Waals surface area contributed by atoms with E-state index in [9.17, 15) is 40.5 Å². The summed E-state index contributed by atoms with van der Waals surface area (Å²) < 4.78 is 0. The highest BCUT2D eigenvalue weighted by Gasteiger charge is 2.56. The summed E-state index contributed by atoms with van der Waals surface area (Å²) >= 11 is 0. The van der Waals surface area contributed by atoms with Crippen LogP contribution in [0.1, 0.15) is 0 Å². The molecule has 142 valence electrons. The normalized spacial score (nSPS) is 13.8. The van der Waals surface area contributed by atoms with Crippen LogP contribution in [0.5, 0.6) is 0 Å². The second-order valence-corrected chi connectivity index (χ2v) is 5.51. The molecular formula is C12H6N8O8. The molecule has 28 heavy (non-hydrogen) atoms. The Morgan fingerprint density at radius 3 is 1.82 bits per heavy atom. The van der Waals surface area contributed by atoms with Gasteiger partial charge < -0.3 is 0 Å². The summed E-state index contributed by atoms with van der Waals surface area (Å²) in [5, 5.41) is 48.1. The summed E-state index contributed by atoms with van der Waals surface area (Å²) in [6, 6.07) is 6.31. The number of hydrazine groups is 3. The molecule has 16 nitrogen and oxygen atoms in total. The van der Waals surface area contributed by atoms with Gasteiger partial charge in [-0.05, 0) is 17.4 Å². The Morgan fingerprint density at radius 1 is 0.714 bits per heavy atom. The van der Waals surface area contributed by atoms with Gasteiger partial charge in [-0.2, -0.15) is 0 Å². The summed E-state index contributed by atoms with van der Waals surface area (Å²) in [6.45, 7) is 0. The molecule has 0 saturated heterocycles. The highest BCUT2D eigenvalue weighted by Crippen LogP contribution is 2.60. The topological polar surface area (TPSA) is 203 Å². The maximum atomic E-state index is 11.7. The van der Waals surface area contributed by atoms with Crippen molar-refractivity contribution in [2.24, 2.45) is 0 Å². The summed E-state index contributed by atoms with van der Waals surface area (Å²) in [5.74, 6) is 0. The van der Waals surface area contributed by atoms with E-state index in [1.165, 1.54) is 6.07 Å². The molecule has 0 aromatic heterocycles. The van der Waals surface area contributed by atoms with Crippen molar-refractivity contribution in [1.29, 1.82) is 0 Å². The summed E-state index contributed by atoms with van der Waals surface area (Å²) in [5.41, 5.74) is -0.946. The van der Waals surface area contributed by atoms with E-state index in [1.54, 1.807) is 18.2 Å². The van der Waals surface area contributed by atoms with E-state index in [1.807, 2.05) is 0 Å². The van der Waals surface area contributed by atoms with E-state index in [0.717, 1.165) is 10.2 Å². The fraction of sp³-hybridized carbons (Fsp3) is 0. The van der Waals surface area contributed by atoms with Crippen LogP contribution in [0.15, 0.2) is 24.3 Å². The summed E-state index contributed by atoms with van der Waals surface area (Å²) in [6.07, 6.45) is 0. The van der Waals surface area contributed by atoms with Gasteiger partial charge in [-0.3, -0.25) is 51.3 Å². The van der Waals surface area contributed by atoms with Crippen molar-refractivity contribution in [3.8, 4) is 0 Å². The number of hydrogen-bond donors (Lipinski definition) is 2. The van der Waals surface area contributed by atoms with Crippen molar-refractivity contribution in [2.75, 3.05) is 15.9 Å². The fourth-order valence-corrected chi connectivity index (χ4v) is 3.12. The van der Waals surface area contributed by atoms with Gasteiger partial charge in [0.2, 0.25) is 0 Å². The van der Waals surface area contributed by atoms with E-state index in [-0.39, 0.29) is 5.69 Å². The highest BCUT2D eigenvalue weighted by atomic mass is 16.7. The molecule has 2 aromatic carbocycles. The molecule has 0 bridgehead atoms. The van der Waals surface area contributed by atoms with E-state index in [2.05, 4.69) is 10.9 Å². The number of hydrogen-bond acceptors (Lipinski definition) is 12. The lowest BCUT2D eigenvalue weighted by atomic mass is 10.1. The molecule has 2 heterocycles. The predicted octanol–water partition coefficient (Wildman–Crippen LogP) is 2.36. The van der Waals surface area contributed by atoms with Gasteiger partial charge in [-0.1, -0.05) is 12.1 Å². The van der Waals surface area contributed by atoms with Crippen molar-refractivity contribution in [3.63, 3.8) is 0 Å². The second-order valence-electron chi connectivity index (χ2n) is 5.51. The molecule has 0 aliphatic carbocycles. The number of nitro groups is 4. The summed E-state index contributed by atoms with van der Waals surface area (Å²) in [4.78, 5) is 40.9. The van der Waals surface area contributed by atoms with Crippen LogP contribution in [0.3, 0.4) is 0 Å². The predicted molar refractivity (Wildman–Crippen MR) is 90.7 cm³/mol. The molecule has 2 N–H and O–H groups in total. The smallest absolute Gasteiger partial charge is 0.280 e. The van der Waals surface area contributed by atoms with Crippen LogP contribution in [0.2, 0.25) is 0 Å². The van der Waals surface area contributed by atoms with Crippen molar-refractivity contribution in [2.45, 2.75) is 0 Å². The Bertz CT molecular complexity index is 1120. The van der Waals surface area contributed by atoms with Gasteiger partial charge >= 0.3 is 22.7 Å². The zero-order valence-corrected chi connectivity index (χ0v) is 13.3. The number of nitrogens with one attached hydrogen (secondary N) is 2. The van der Waals surface area contributed by atoms with Gasteiger partial charge in [0.15, 0.2) is 11.4 Å². The van der Waals surface area contributed by atoms with Gasteiger partial charge in [-0.15, -0.1) is 0 Å². The minimum Gasteiger partial charge on any atom is -0.280 e. The molecule has 0 fully saturated rings. The zero-order valence-electron chi connectivity index (χ0n) is 13.3. The van der Waals surface area contributed by atoms with Crippen LogP contribution >= 0.6 is 0 Å². The molecule has 2 aliphatic heterocycles. The third-order valence-electron chi connectivity index (χ3n) is 4.09. The zero-order chi connectivity index (χ0) is 20.3. The third kappa shape index (κ3) is 2.02. The molecule has 0 amide bonds. The second kappa shape index (κ2) is 5.45. The average Bonchev–Trinajstić information content (AvgIpc) is 3.14. The first-order chi connectivity index (χ1) is 13.2. The largest absolute Gasteiger partial charge is 0.432 e.